The van der Waals surface area contributed by atoms with Crippen LogP contribution in [0.25, 0.3) is 5.69 Å². The van der Waals surface area contributed by atoms with E-state index in [0.29, 0.717) is 6.42 Å². The fourth-order valence-electron chi connectivity index (χ4n) is 1.82. The first-order chi connectivity index (χ1) is 8.94. The highest BCUT2D eigenvalue weighted by atomic mass is 16.1. The molecule has 100 valence electrons. The molecule has 19 heavy (non-hydrogen) atoms. The molecule has 4 nitrogen and oxygen atoms in total. The number of rotatable bonds is 3. The molecule has 1 N–H and O–H groups in total. The Morgan fingerprint density at radius 3 is 2.58 bits per heavy atom. The monoisotopic (exact) mass is 257 g/mol. The van der Waals surface area contributed by atoms with Gasteiger partial charge in [-0.15, -0.1) is 0 Å². The maximum atomic E-state index is 11.8. The van der Waals surface area contributed by atoms with Crippen molar-refractivity contribution in [3.63, 3.8) is 0 Å². The molecule has 1 aromatic carbocycles. The van der Waals surface area contributed by atoms with Gasteiger partial charge in [0.25, 0.3) is 0 Å². The minimum Gasteiger partial charge on any atom is -0.351 e. The van der Waals surface area contributed by atoms with Crippen LogP contribution in [0.4, 0.5) is 0 Å². The minimum atomic E-state index is -0.202. The Kier molecular flexibility index (Phi) is 3.69. The third-order valence-electron chi connectivity index (χ3n) is 2.54. The van der Waals surface area contributed by atoms with Gasteiger partial charge in [0, 0.05) is 11.7 Å². The van der Waals surface area contributed by atoms with E-state index in [-0.39, 0.29) is 11.4 Å². The lowest BCUT2D eigenvalue weighted by molar-refractivity contribution is -0.121. The molecule has 2 aromatic rings. The summed E-state index contributed by atoms with van der Waals surface area (Å²) in [7, 11) is 0. The third-order valence-corrected chi connectivity index (χ3v) is 2.54. The summed E-state index contributed by atoms with van der Waals surface area (Å²) in [6.45, 7) is 5.91. The van der Waals surface area contributed by atoms with Gasteiger partial charge in [-0.3, -0.25) is 4.79 Å². The Labute approximate surface area is 113 Å². The molecule has 4 heteroatoms. The molecule has 0 spiro atoms. The molecule has 2 rings (SSSR count). The summed E-state index contributed by atoms with van der Waals surface area (Å²) in [6, 6.07) is 9.84. The summed E-state index contributed by atoms with van der Waals surface area (Å²) in [5.41, 5.74) is 1.70. The Morgan fingerprint density at radius 2 is 1.95 bits per heavy atom. The van der Waals surface area contributed by atoms with Gasteiger partial charge in [0.2, 0.25) is 5.91 Å². The number of carbonyl (C=O) groups excluding carboxylic acids is 1. The van der Waals surface area contributed by atoms with Gasteiger partial charge < -0.3 is 5.32 Å². The van der Waals surface area contributed by atoms with E-state index in [1.165, 1.54) is 0 Å². The zero-order valence-corrected chi connectivity index (χ0v) is 11.6. The second-order valence-electron chi connectivity index (χ2n) is 5.60. The molecular formula is C15H19N3O. The van der Waals surface area contributed by atoms with Crippen LogP contribution < -0.4 is 5.32 Å². The number of hydrogen-bond donors (Lipinski definition) is 1. The molecule has 0 aliphatic carbocycles. The van der Waals surface area contributed by atoms with Gasteiger partial charge in [0.1, 0.15) is 0 Å². The molecular weight excluding hydrogens is 238 g/mol. The predicted octanol–water partition coefficient (Wildman–Crippen LogP) is 2.33. The van der Waals surface area contributed by atoms with Crippen LogP contribution in [-0.2, 0) is 11.2 Å². The molecule has 1 heterocycles. The maximum Gasteiger partial charge on any atom is 0.224 e. The molecule has 0 aliphatic rings. The van der Waals surface area contributed by atoms with Gasteiger partial charge in [0.05, 0.1) is 18.3 Å². The fourth-order valence-corrected chi connectivity index (χ4v) is 1.82. The summed E-state index contributed by atoms with van der Waals surface area (Å²) in [5, 5.41) is 7.21. The van der Waals surface area contributed by atoms with Crippen LogP contribution in [0, 0.1) is 0 Å². The Morgan fingerprint density at radius 1 is 1.26 bits per heavy atom. The largest absolute Gasteiger partial charge is 0.351 e. The van der Waals surface area contributed by atoms with Crippen molar-refractivity contribution < 1.29 is 4.79 Å². The first-order valence-electron chi connectivity index (χ1n) is 6.34. The molecule has 0 fully saturated rings. The SMILES string of the molecule is CC(C)(C)NC(=O)Cc1cnn(-c2ccccc2)c1. The van der Waals surface area contributed by atoms with Crippen molar-refractivity contribution in [2.24, 2.45) is 0 Å². The lowest BCUT2D eigenvalue weighted by Gasteiger charge is -2.20. The zero-order chi connectivity index (χ0) is 13.9. The smallest absolute Gasteiger partial charge is 0.224 e. The van der Waals surface area contributed by atoms with Gasteiger partial charge in [0.15, 0.2) is 0 Å². The maximum absolute atomic E-state index is 11.8. The van der Waals surface area contributed by atoms with Gasteiger partial charge in [-0.2, -0.15) is 5.10 Å². The quantitative estimate of drug-likeness (QED) is 0.917. The van der Waals surface area contributed by atoms with Crippen LogP contribution in [-0.4, -0.2) is 21.2 Å². The summed E-state index contributed by atoms with van der Waals surface area (Å²) >= 11 is 0. The number of aromatic nitrogens is 2. The normalized spacial score (nSPS) is 11.3. The van der Waals surface area contributed by atoms with Crippen LogP contribution in [0.2, 0.25) is 0 Å². The summed E-state index contributed by atoms with van der Waals surface area (Å²) in [5.74, 6) is 0.0140. The lowest BCUT2D eigenvalue weighted by Crippen LogP contribution is -2.41. The second-order valence-corrected chi connectivity index (χ2v) is 5.60. The highest BCUT2D eigenvalue weighted by Gasteiger charge is 2.14. The van der Waals surface area contributed by atoms with Crippen molar-refractivity contribution in [3.8, 4) is 5.69 Å². The molecule has 0 unspecified atom stereocenters. The van der Waals surface area contributed by atoms with E-state index in [1.54, 1.807) is 10.9 Å². The number of nitrogens with one attached hydrogen (secondary N) is 1. The number of amides is 1. The van der Waals surface area contributed by atoms with Crippen LogP contribution in [0.5, 0.6) is 0 Å². The van der Waals surface area contributed by atoms with Crippen LogP contribution in [0.15, 0.2) is 42.7 Å². The van der Waals surface area contributed by atoms with Crippen molar-refractivity contribution in [2.75, 3.05) is 0 Å². The number of carbonyl (C=O) groups is 1. The van der Waals surface area contributed by atoms with Gasteiger partial charge in [-0.25, -0.2) is 4.68 Å². The van der Waals surface area contributed by atoms with E-state index < -0.39 is 0 Å². The molecule has 0 atom stereocenters. The van der Waals surface area contributed by atoms with E-state index in [0.717, 1.165) is 11.3 Å². The predicted molar refractivity (Wildman–Crippen MR) is 75.2 cm³/mol. The highest BCUT2D eigenvalue weighted by molar-refractivity contribution is 5.79. The third kappa shape index (κ3) is 3.95. The lowest BCUT2D eigenvalue weighted by atomic mass is 10.1. The average Bonchev–Trinajstić information content (AvgIpc) is 2.76. The van der Waals surface area contributed by atoms with Crippen molar-refractivity contribution in [1.82, 2.24) is 15.1 Å². The van der Waals surface area contributed by atoms with Crippen molar-refractivity contribution >= 4 is 5.91 Å². The molecule has 0 radical (unpaired) electrons. The van der Waals surface area contributed by atoms with E-state index in [2.05, 4.69) is 10.4 Å². The number of hydrogen-bond acceptors (Lipinski definition) is 2. The molecule has 0 saturated carbocycles. The zero-order valence-electron chi connectivity index (χ0n) is 11.6. The Balaban J connectivity index is 2.04. The summed E-state index contributed by atoms with van der Waals surface area (Å²) in [4.78, 5) is 11.8. The Bertz CT molecular complexity index is 552. The number of para-hydroxylation sites is 1. The van der Waals surface area contributed by atoms with Crippen LogP contribution in [0.1, 0.15) is 26.3 Å². The summed E-state index contributed by atoms with van der Waals surface area (Å²) < 4.78 is 1.78. The Hall–Kier alpha value is -2.10. The van der Waals surface area contributed by atoms with Gasteiger partial charge in [-0.1, -0.05) is 18.2 Å². The van der Waals surface area contributed by atoms with Crippen molar-refractivity contribution in [1.29, 1.82) is 0 Å². The molecule has 0 aliphatic heterocycles. The highest BCUT2D eigenvalue weighted by Crippen LogP contribution is 2.08. The molecule has 1 aromatic heterocycles. The second kappa shape index (κ2) is 5.26. The van der Waals surface area contributed by atoms with Crippen molar-refractivity contribution in [3.05, 3.63) is 48.3 Å². The topological polar surface area (TPSA) is 46.9 Å². The van der Waals surface area contributed by atoms with Crippen molar-refractivity contribution in [2.45, 2.75) is 32.7 Å². The first-order valence-corrected chi connectivity index (χ1v) is 6.34. The summed E-state index contributed by atoms with van der Waals surface area (Å²) in [6.07, 6.45) is 3.97. The molecule has 1 amide bonds. The first kappa shape index (κ1) is 13.3. The minimum absolute atomic E-state index is 0.0140. The van der Waals surface area contributed by atoms with Crippen LogP contribution in [0.3, 0.4) is 0 Å². The fraction of sp³-hybridized carbons (Fsp3) is 0.333. The van der Waals surface area contributed by atoms with E-state index >= 15 is 0 Å². The van der Waals surface area contributed by atoms with Crippen LogP contribution >= 0.6 is 0 Å². The van der Waals surface area contributed by atoms with Gasteiger partial charge in [-0.05, 0) is 38.5 Å². The molecule has 0 bridgehead atoms. The standard InChI is InChI=1S/C15H19N3O/c1-15(2,3)17-14(19)9-12-10-16-18(11-12)13-7-5-4-6-8-13/h4-8,10-11H,9H2,1-3H3,(H,17,19). The van der Waals surface area contributed by atoms with E-state index in [4.69, 9.17) is 0 Å². The van der Waals surface area contributed by atoms with E-state index in [9.17, 15) is 4.79 Å². The number of nitrogens with zero attached hydrogens (tertiary/aromatic N) is 2. The van der Waals surface area contributed by atoms with E-state index in [1.807, 2.05) is 57.3 Å². The number of benzene rings is 1. The average molecular weight is 257 g/mol. The molecule has 0 saturated heterocycles. The van der Waals surface area contributed by atoms with Gasteiger partial charge >= 0.3 is 0 Å².